The number of nitrogens with zero attached hydrogens (tertiary/aromatic N) is 1. The smallest absolute Gasteiger partial charge is 0.191 e. The van der Waals surface area contributed by atoms with Crippen molar-refractivity contribution >= 4 is 40.4 Å². The zero-order chi connectivity index (χ0) is 12.1. The summed E-state index contributed by atoms with van der Waals surface area (Å²) in [5, 5.41) is 0.104. The van der Waals surface area contributed by atoms with Gasteiger partial charge in [-0.1, -0.05) is 0 Å². The van der Waals surface area contributed by atoms with E-state index >= 15 is 0 Å². The SMILES string of the molecule is NC(=S)NNc1ccc(N)cc1N=C(N)N. The topological polar surface area (TPSA) is 140 Å². The van der Waals surface area contributed by atoms with Crippen LogP contribution in [0.1, 0.15) is 0 Å². The van der Waals surface area contributed by atoms with Crippen molar-refractivity contribution in [2.75, 3.05) is 11.2 Å². The molecular formula is C8H13N7S. The molecule has 0 bridgehead atoms. The Balaban J connectivity index is 2.98. The number of nitrogens with two attached hydrogens (primary N) is 4. The van der Waals surface area contributed by atoms with Crippen LogP contribution in [0.5, 0.6) is 0 Å². The van der Waals surface area contributed by atoms with E-state index in [-0.39, 0.29) is 11.1 Å². The lowest BCUT2D eigenvalue weighted by Crippen LogP contribution is -2.34. The molecule has 7 nitrogen and oxygen atoms in total. The van der Waals surface area contributed by atoms with Gasteiger partial charge in [0.1, 0.15) is 0 Å². The fourth-order valence-corrected chi connectivity index (χ4v) is 1.07. The third kappa shape index (κ3) is 3.50. The number of thiocarbonyl (C=S) groups is 1. The van der Waals surface area contributed by atoms with Gasteiger partial charge in [0.2, 0.25) is 0 Å². The molecule has 0 atom stereocenters. The lowest BCUT2D eigenvalue weighted by atomic mass is 10.2. The first-order chi connectivity index (χ1) is 7.49. The van der Waals surface area contributed by atoms with Crippen molar-refractivity contribution in [3.8, 4) is 0 Å². The fourth-order valence-electron chi connectivity index (χ4n) is 1.01. The highest BCUT2D eigenvalue weighted by atomic mass is 32.1. The Morgan fingerprint density at radius 2 is 1.94 bits per heavy atom. The van der Waals surface area contributed by atoms with Gasteiger partial charge >= 0.3 is 0 Å². The Morgan fingerprint density at radius 3 is 2.50 bits per heavy atom. The van der Waals surface area contributed by atoms with Crippen LogP contribution in [0.4, 0.5) is 17.1 Å². The molecule has 0 fully saturated rings. The van der Waals surface area contributed by atoms with E-state index in [2.05, 4.69) is 28.1 Å². The number of anilines is 2. The van der Waals surface area contributed by atoms with E-state index in [0.717, 1.165) is 0 Å². The van der Waals surface area contributed by atoms with Gasteiger partial charge in [-0.2, -0.15) is 0 Å². The van der Waals surface area contributed by atoms with Crippen LogP contribution in [0.25, 0.3) is 0 Å². The third-order valence-corrected chi connectivity index (χ3v) is 1.69. The minimum absolute atomic E-state index is 0.0658. The van der Waals surface area contributed by atoms with E-state index in [4.69, 9.17) is 22.9 Å². The van der Waals surface area contributed by atoms with Gasteiger partial charge in [0.15, 0.2) is 11.1 Å². The summed E-state index contributed by atoms with van der Waals surface area (Å²) < 4.78 is 0. The molecule has 0 unspecified atom stereocenters. The Hall–Kier alpha value is -2.22. The van der Waals surface area contributed by atoms with E-state index < -0.39 is 0 Å². The molecule has 0 amide bonds. The molecule has 1 aromatic rings. The molecule has 0 aliphatic carbocycles. The first-order valence-corrected chi connectivity index (χ1v) is 4.70. The highest BCUT2D eigenvalue weighted by Gasteiger charge is 2.02. The van der Waals surface area contributed by atoms with Gasteiger partial charge in [-0.05, 0) is 30.4 Å². The molecule has 0 aliphatic heterocycles. The molecule has 1 rings (SSSR count). The summed E-state index contributed by atoms with van der Waals surface area (Å²) >= 11 is 4.65. The van der Waals surface area contributed by atoms with Gasteiger partial charge in [0, 0.05) is 5.69 Å². The number of nitrogen functional groups attached to an aromatic ring is 1. The minimum atomic E-state index is -0.0658. The highest BCUT2D eigenvalue weighted by Crippen LogP contribution is 2.26. The van der Waals surface area contributed by atoms with E-state index in [9.17, 15) is 0 Å². The normalized spacial score (nSPS) is 9.25. The van der Waals surface area contributed by atoms with Crippen LogP contribution < -0.4 is 33.8 Å². The number of nitrogens with one attached hydrogen (secondary N) is 2. The van der Waals surface area contributed by atoms with Crippen molar-refractivity contribution in [3.05, 3.63) is 18.2 Å². The van der Waals surface area contributed by atoms with Gasteiger partial charge in [-0.3, -0.25) is 10.9 Å². The number of hydrazine groups is 1. The van der Waals surface area contributed by atoms with Crippen LogP contribution in [-0.2, 0) is 0 Å². The second-order valence-electron chi connectivity index (χ2n) is 2.93. The van der Waals surface area contributed by atoms with Crippen LogP contribution >= 0.6 is 12.2 Å². The third-order valence-electron chi connectivity index (χ3n) is 1.59. The summed E-state index contributed by atoms with van der Waals surface area (Å²) in [6.45, 7) is 0. The summed E-state index contributed by atoms with van der Waals surface area (Å²) in [6, 6.07) is 5.00. The van der Waals surface area contributed by atoms with Crippen LogP contribution in [-0.4, -0.2) is 11.1 Å². The first-order valence-electron chi connectivity index (χ1n) is 4.29. The number of aliphatic imine (C=N–C) groups is 1. The summed E-state index contributed by atoms with van der Waals surface area (Å²) in [4.78, 5) is 3.90. The Morgan fingerprint density at radius 1 is 1.25 bits per heavy atom. The maximum atomic E-state index is 5.61. The number of hydrogen-bond acceptors (Lipinski definition) is 4. The monoisotopic (exact) mass is 239 g/mol. The zero-order valence-electron chi connectivity index (χ0n) is 8.40. The van der Waals surface area contributed by atoms with Crippen LogP contribution in [0.2, 0.25) is 0 Å². The van der Waals surface area contributed by atoms with Crippen LogP contribution in [0, 0.1) is 0 Å². The van der Waals surface area contributed by atoms with E-state index in [1.54, 1.807) is 18.2 Å². The van der Waals surface area contributed by atoms with Crippen molar-refractivity contribution in [2.45, 2.75) is 0 Å². The second kappa shape index (κ2) is 5.03. The number of benzene rings is 1. The van der Waals surface area contributed by atoms with Crippen LogP contribution in [0.3, 0.4) is 0 Å². The van der Waals surface area contributed by atoms with Gasteiger partial charge in [-0.15, -0.1) is 0 Å². The highest BCUT2D eigenvalue weighted by molar-refractivity contribution is 7.80. The average molecular weight is 239 g/mol. The van der Waals surface area contributed by atoms with Crippen LogP contribution in [0.15, 0.2) is 23.2 Å². The lowest BCUT2D eigenvalue weighted by Gasteiger charge is -2.10. The molecular weight excluding hydrogens is 226 g/mol. The van der Waals surface area contributed by atoms with Crippen molar-refractivity contribution in [3.63, 3.8) is 0 Å². The van der Waals surface area contributed by atoms with Gasteiger partial charge in [0.25, 0.3) is 0 Å². The van der Waals surface area contributed by atoms with Crippen molar-refractivity contribution in [1.29, 1.82) is 0 Å². The number of rotatable bonds is 3. The Bertz CT molecular complexity index is 424. The average Bonchev–Trinajstić information content (AvgIpc) is 2.15. The summed E-state index contributed by atoms with van der Waals surface area (Å²) in [5.74, 6) is -0.0658. The van der Waals surface area contributed by atoms with Gasteiger partial charge in [0.05, 0.1) is 11.4 Å². The van der Waals surface area contributed by atoms with E-state index in [0.29, 0.717) is 17.1 Å². The van der Waals surface area contributed by atoms with Crippen molar-refractivity contribution in [1.82, 2.24) is 5.43 Å². The zero-order valence-corrected chi connectivity index (χ0v) is 9.21. The van der Waals surface area contributed by atoms with Gasteiger partial charge in [-0.25, -0.2) is 4.99 Å². The largest absolute Gasteiger partial charge is 0.399 e. The molecule has 0 saturated carbocycles. The lowest BCUT2D eigenvalue weighted by molar-refractivity contribution is 1.12. The Labute approximate surface area is 97.8 Å². The summed E-state index contributed by atoms with van der Waals surface area (Å²) in [6.07, 6.45) is 0. The number of guanidine groups is 1. The van der Waals surface area contributed by atoms with Crippen molar-refractivity contribution < 1.29 is 0 Å². The Kier molecular flexibility index (Phi) is 3.72. The molecule has 10 N–H and O–H groups in total. The molecule has 0 saturated heterocycles. The molecule has 86 valence electrons. The predicted octanol–water partition coefficient (Wildman–Crippen LogP) is -0.666. The standard InChI is InChI=1S/C8H13N7S/c9-4-1-2-5(14-15-8(12)16)6(3-4)13-7(10)11/h1-3,14H,9H2,(H4,10,11,13)(H3,12,15,16). The summed E-state index contributed by atoms with van der Waals surface area (Å²) in [5.41, 5.74) is 28.4. The molecule has 0 heterocycles. The fraction of sp³-hybridized carbons (Fsp3) is 0. The molecule has 0 aliphatic rings. The predicted molar refractivity (Wildman–Crippen MR) is 69.9 cm³/mol. The maximum absolute atomic E-state index is 5.61. The van der Waals surface area contributed by atoms with E-state index in [1.807, 2.05) is 0 Å². The molecule has 16 heavy (non-hydrogen) atoms. The first kappa shape index (κ1) is 11.9. The molecule has 1 aromatic carbocycles. The minimum Gasteiger partial charge on any atom is -0.399 e. The summed E-state index contributed by atoms with van der Waals surface area (Å²) in [7, 11) is 0. The quantitative estimate of drug-likeness (QED) is 0.135. The van der Waals surface area contributed by atoms with Gasteiger partial charge < -0.3 is 22.9 Å². The molecule has 0 radical (unpaired) electrons. The maximum Gasteiger partial charge on any atom is 0.191 e. The molecule has 0 spiro atoms. The number of hydrogen-bond donors (Lipinski definition) is 6. The molecule has 0 aromatic heterocycles. The van der Waals surface area contributed by atoms with Crippen molar-refractivity contribution in [2.24, 2.45) is 22.2 Å². The van der Waals surface area contributed by atoms with E-state index in [1.165, 1.54) is 0 Å². The molecule has 8 heteroatoms. The second-order valence-corrected chi connectivity index (χ2v) is 3.37.